The van der Waals surface area contributed by atoms with Gasteiger partial charge in [-0.25, -0.2) is 4.39 Å². The molecule has 0 aromatic heterocycles. The Morgan fingerprint density at radius 1 is 1.36 bits per heavy atom. The maximum Gasteiger partial charge on any atom is 0.222 e. The van der Waals surface area contributed by atoms with Crippen LogP contribution in [0.1, 0.15) is 31.2 Å². The van der Waals surface area contributed by atoms with Crippen LogP contribution in [0.3, 0.4) is 0 Å². The molecule has 3 rings (SSSR count). The van der Waals surface area contributed by atoms with Crippen molar-refractivity contribution < 1.29 is 19.0 Å². The number of rotatable bonds is 6. The number of likely N-dealkylation sites (tertiary alicyclic amines) is 2. The van der Waals surface area contributed by atoms with E-state index >= 15 is 0 Å². The molecule has 0 radical (unpaired) electrons. The number of amides is 1. The van der Waals surface area contributed by atoms with E-state index in [-0.39, 0.29) is 24.1 Å². The van der Waals surface area contributed by atoms with Gasteiger partial charge in [0.25, 0.3) is 0 Å². The Bertz CT molecular complexity index is 610. The molecule has 2 fully saturated rings. The monoisotopic (exact) mass is 350 g/mol. The summed E-state index contributed by atoms with van der Waals surface area (Å²) < 4.78 is 18.6. The molecule has 2 atom stereocenters. The van der Waals surface area contributed by atoms with Crippen LogP contribution in [0.25, 0.3) is 0 Å². The molecule has 1 aromatic rings. The van der Waals surface area contributed by atoms with Crippen LogP contribution >= 0.6 is 0 Å². The van der Waals surface area contributed by atoms with E-state index < -0.39 is 0 Å². The summed E-state index contributed by atoms with van der Waals surface area (Å²) in [4.78, 5) is 16.6. The lowest BCUT2D eigenvalue weighted by atomic mass is 9.83. The Hall–Kier alpha value is -1.66. The summed E-state index contributed by atoms with van der Waals surface area (Å²) in [6, 6.07) is 5.32. The van der Waals surface area contributed by atoms with Crippen LogP contribution in [-0.4, -0.2) is 60.2 Å². The van der Waals surface area contributed by atoms with Crippen molar-refractivity contribution in [1.29, 1.82) is 0 Å². The van der Waals surface area contributed by atoms with Crippen LogP contribution in [0.2, 0.25) is 0 Å². The van der Waals surface area contributed by atoms with E-state index in [1.165, 1.54) is 13.2 Å². The Morgan fingerprint density at radius 3 is 2.96 bits per heavy atom. The average Bonchev–Trinajstić information content (AvgIpc) is 2.62. The van der Waals surface area contributed by atoms with Crippen LogP contribution in [0.4, 0.5) is 4.39 Å². The first-order valence-electron chi connectivity index (χ1n) is 9.07. The highest BCUT2D eigenvalue weighted by Crippen LogP contribution is 2.32. The van der Waals surface area contributed by atoms with E-state index in [9.17, 15) is 9.18 Å². The lowest BCUT2D eigenvalue weighted by molar-refractivity contribution is -0.141. The van der Waals surface area contributed by atoms with Gasteiger partial charge in [0, 0.05) is 45.2 Å². The Labute approximate surface area is 148 Å². The molecule has 6 heteroatoms. The van der Waals surface area contributed by atoms with Gasteiger partial charge in [-0.05, 0) is 42.9 Å². The number of piperidine rings is 2. The van der Waals surface area contributed by atoms with Crippen molar-refractivity contribution in [3.05, 3.63) is 29.6 Å². The smallest absolute Gasteiger partial charge is 0.222 e. The van der Waals surface area contributed by atoms with Crippen molar-refractivity contribution in [1.82, 2.24) is 9.80 Å². The van der Waals surface area contributed by atoms with Gasteiger partial charge < -0.3 is 14.7 Å². The number of methoxy groups -OCH3 is 1. The highest BCUT2D eigenvalue weighted by molar-refractivity contribution is 5.77. The lowest BCUT2D eigenvalue weighted by Gasteiger charge is -2.47. The molecule has 0 unspecified atom stereocenters. The summed E-state index contributed by atoms with van der Waals surface area (Å²) in [5.41, 5.74) is 1.04. The molecular formula is C19H27FN2O3. The van der Waals surface area contributed by atoms with E-state index in [0.717, 1.165) is 38.0 Å². The van der Waals surface area contributed by atoms with Gasteiger partial charge in [-0.1, -0.05) is 6.07 Å². The van der Waals surface area contributed by atoms with Crippen molar-refractivity contribution >= 4 is 5.91 Å². The highest BCUT2D eigenvalue weighted by Gasteiger charge is 2.38. The SMILES string of the molecule is COc1cc(CN2CC[C@@H]3[C@@H](CCC(=O)N3CCCO)C2)ccc1F. The number of aliphatic hydroxyl groups excluding tert-OH is 1. The zero-order valence-electron chi connectivity index (χ0n) is 14.8. The second kappa shape index (κ2) is 8.15. The largest absolute Gasteiger partial charge is 0.494 e. The first-order chi connectivity index (χ1) is 12.1. The number of carbonyl (C=O) groups is 1. The van der Waals surface area contributed by atoms with Gasteiger partial charge in [-0.15, -0.1) is 0 Å². The predicted octanol–water partition coefficient (Wildman–Crippen LogP) is 2.03. The van der Waals surface area contributed by atoms with Gasteiger partial charge in [0.05, 0.1) is 7.11 Å². The highest BCUT2D eigenvalue weighted by atomic mass is 19.1. The van der Waals surface area contributed by atoms with Crippen molar-refractivity contribution in [2.45, 2.75) is 38.3 Å². The number of aliphatic hydroxyl groups is 1. The molecule has 138 valence electrons. The minimum atomic E-state index is -0.338. The van der Waals surface area contributed by atoms with Gasteiger partial charge in [0.1, 0.15) is 0 Å². The topological polar surface area (TPSA) is 53.0 Å². The van der Waals surface area contributed by atoms with Gasteiger partial charge in [0.15, 0.2) is 11.6 Å². The second-order valence-corrected chi connectivity index (χ2v) is 7.02. The third-order valence-electron chi connectivity index (χ3n) is 5.41. The Morgan fingerprint density at radius 2 is 2.20 bits per heavy atom. The second-order valence-electron chi connectivity index (χ2n) is 7.02. The Balaban J connectivity index is 1.62. The number of halogens is 1. The summed E-state index contributed by atoms with van der Waals surface area (Å²) in [7, 11) is 1.48. The number of nitrogens with zero attached hydrogens (tertiary/aromatic N) is 2. The molecule has 0 saturated carbocycles. The van der Waals surface area contributed by atoms with Crippen LogP contribution in [0.15, 0.2) is 18.2 Å². The standard InChI is InChI=1S/C19H27FN2O3/c1-25-18-11-14(3-5-16(18)20)12-21-9-7-17-15(13-21)4-6-19(24)22(17)8-2-10-23/h3,5,11,15,17,23H,2,4,6-10,12-13H2,1H3/t15-,17+/m0/s1. The number of benzene rings is 1. The maximum atomic E-state index is 13.6. The van der Waals surface area contributed by atoms with Crippen LogP contribution in [0.5, 0.6) is 5.75 Å². The number of hydrogen-bond donors (Lipinski definition) is 1. The van der Waals surface area contributed by atoms with Gasteiger partial charge in [-0.2, -0.15) is 0 Å². The van der Waals surface area contributed by atoms with E-state index in [1.54, 1.807) is 6.07 Å². The summed E-state index contributed by atoms with van der Waals surface area (Å²) in [5, 5.41) is 9.06. The normalized spacial score (nSPS) is 24.3. The van der Waals surface area contributed by atoms with Crippen LogP contribution < -0.4 is 4.74 Å². The first kappa shape index (κ1) is 18.1. The molecule has 2 aliphatic rings. The molecule has 1 amide bonds. The Kier molecular flexibility index (Phi) is 5.91. The molecule has 2 saturated heterocycles. The molecular weight excluding hydrogens is 323 g/mol. The molecule has 5 nitrogen and oxygen atoms in total. The van der Waals surface area contributed by atoms with Crippen molar-refractivity contribution in [3.8, 4) is 5.75 Å². The average molecular weight is 350 g/mol. The molecule has 0 bridgehead atoms. The minimum Gasteiger partial charge on any atom is -0.494 e. The first-order valence-corrected chi connectivity index (χ1v) is 9.07. The number of ether oxygens (including phenoxy) is 1. The quantitative estimate of drug-likeness (QED) is 0.853. The summed E-state index contributed by atoms with van der Waals surface area (Å²) in [6.07, 6.45) is 3.14. The zero-order valence-corrected chi connectivity index (χ0v) is 14.8. The molecule has 1 aromatic carbocycles. The fourth-order valence-electron chi connectivity index (χ4n) is 4.16. The molecule has 0 spiro atoms. The number of fused-ring (bicyclic) bond motifs is 1. The summed E-state index contributed by atoms with van der Waals surface area (Å²) in [5.74, 6) is 0.653. The fraction of sp³-hybridized carbons (Fsp3) is 0.632. The molecule has 2 heterocycles. The van der Waals surface area contributed by atoms with E-state index in [4.69, 9.17) is 9.84 Å². The van der Waals surface area contributed by atoms with Crippen molar-refractivity contribution in [2.75, 3.05) is 33.4 Å². The van der Waals surface area contributed by atoms with E-state index in [2.05, 4.69) is 4.90 Å². The fourth-order valence-corrected chi connectivity index (χ4v) is 4.16. The molecule has 1 N–H and O–H groups in total. The van der Waals surface area contributed by atoms with Crippen molar-refractivity contribution in [2.24, 2.45) is 5.92 Å². The van der Waals surface area contributed by atoms with E-state index in [0.29, 0.717) is 31.3 Å². The zero-order chi connectivity index (χ0) is 17.8. The number of hydrogen-bond acceptors (Lipinski definition) is 4. The molecule has 0 aliphatic carbocycles. The molecule has 25 heavy (non-hydrogen) atoms. The van der Waals surface area contributed by atoms with Crippen LogP contribution in [0, 0.1) is 11.7 Å². The van der Waals surface area contributed by atoms with E-state index in [1.807, 2.05) is 11.0 Å². The third kappa shape index (κ3) is 4.12. The van der Waals surface area contributed by atoms with Gasteiger partial charge in [0.2, 0.25) is 5.91 Å². The maximum absolute atomic E-state index is 13.6. The van der Waals surface area contributed by atoms with Crippen LogP contribution in [-0.2, 0) is 11.3 Å². The van der Waals surface area contributed by atoms with Gasteiger partial charge in [-0.3, -0.25) is 9.69 Å². The van der Waals surface area contributed by atoms with Crippen molar-refractivity contribution in [3.63, 3.8) is 0 Å². The summed E-state index contributed by atoms with van der Waals surface area (Å²) in [6.45, 7) is 3.42. The minimum absolute atomic E-state index is 0.125. The number of carbonyl (C=O) groups excluding carboxylic acids is 1. The molecule has 2 aliphatic heterocycles. The summed E-state index contributed by atoms with van der Waals surface area (Å²) >= 11 is 0. The predicted molar refractivity (Wildman–Crippen MR) is 92.8 cm³/mol. The third-order valence-corrected chi connectivity index (χ3v) is 5.41. The lowest BCUT2D eigenvalue weighted by Crippen LogP contribution is -2.56. The van der Waals surface area contributed by atoms with Gasteiger partial charge >= 0.3 is 0 Å².